The number of hydrogen-bond acceptors (Lipinski definition) is 5. The molecule has 1 unspecified atom stereocenters. The van der Waals surface area contributed by atoms with E-state index in [1.807, 2.05) is 0 Å². The molecule has 0 heterocycles. The molecule has 146 valence electrons. The summed E-state index contributed by atoms with van der Waals surface area (Å²) in [6, 6.07) is 1.15. The first-order chi connectivity index (χ1) is 11.7. The van der Waals surface area contributed by atoms with Crippen molar-refractivity contribution in [3.8, 4) is 5.75 Å². The topological polar surface area (TPSA) is 83.8 Å². The van der Waals surface area contributed by atoms with Crippen LogP contribution in [0.2, 0.25) is 0 Å². The summed E-state index contributed by atoms with van der Waals surface area (Å²) in [6.07, 6.45) is -4.27. The number of hydrogen-bond donors (Lipinski definition) is 2. The van der Waals surface area contributed by atoms with E-state index < -0.39 is 73.9 Å². The highest BCUT2D eigenvalue weighted by Gasteiger charge is 2.56. The van der Waals surface area contributed by atoms with Gasteiger partial charge in [0.25, 0.3) is 15.8 Å². The Bertz CT molecular complexity index is 848. The van der Waals surface area contributed by atoms with Crippen LogP contribution in [-0.4, -0.2) is 42.5 Å². The molecule has 3 rings (SSSR count). The van der Waals surface area contributed by atoms with E-state index >= 15 is 0 Å². The smallest absolute Gasteiger partial charge is 0.493 e. The first-order valence-electron chi connectivity index (χ1n) is 7.25. The zero-order chi connectivity index (χ0) is 19.7. The lowest BCUT2D eigenvalue weighted by Gasteiger charge is -2.17. The standard InChI is InChI=1S/C14H12F6O5S/c15-12(16)4-7-8(25-5-6-3-13(6,17)22)1-2-9(10(7)11(12)21)26(23,24)14(18,19)20/h1-2,6,11,21-22H,3-5H2/t6?,11-,13+/m0/s1. The van der Waals surface area contributed by atoms with Crippen LogP contribution >= 0.6 is 0 Å². The summed E-state index contributed by atoms with van der Waals surface area (Å²) in [5.41, 5.74) is -7.44. The van der Waals surface area contributed by atoms with Gasteiger partial charge in [0.1, 0.15) is 11.9 Å². The Balaban J connectivity index is 2.04. The lowest BCUT2D eigenvalue weighted by atomic mass is 10.1. The van der Waals surface area contributed by atoms with Gasteiger partial charge in [-0.1, -0.05) is 0 Å². The maximum absolute atomic E-state index is 13.8. The zero-order valence-electron chi connectivity index (χ0n) is 12.7. The summed E-state index contributed by atoms with van der Waals surface area (Å²) in [5.74, 6) is -7.71. The molecule has 26 heavy (non-hydrogen) atoms. The van der Waals surface area contributed by atoms with Crippen molar-refractivity contribution in [1.29, 1.82) is 0 Å². The van der Waals surface area contributed by atoms with Gasteiger partial charge in [0, 0.05) is 24.0 Å². The molecule has 12 heteroatoms. The first kappa shape index (κ1) is 19.2. The molecule has 0 aromatic heterocycles. The van der Waals surface area contributed by atoms with Crippen LogP contribution in [0.25, 0.3) is 0 Å². The summed E-state index contributed by atoms with van der Waals surface area (Å²) < 4.78 is 107. The molecule has 5 nitrogen and oxygen atoms in total. The van der Waals surface area contributed by atoms with Crippen molar-refractivity contribution in [1.82, 2.24) is 0 Å². The molecular formula is C14H12F6O5S. The van der Waals surface area contributed by atoms with Gasteiger partial charge in [-0.2, -0.15) is 13.2 Å². The second-order valence-electron chi connectivity index (χ2n) is 6.27. The van der Waals surface area contributed by atoms with Gasteiger partial charge in [-0.25, -0.2) is 21.6 Å². The number of halogens is 6. The predicted octanol–water partition coefficient (Wildman–Crippen LogP) is 2.26. The molecule has 0 amide bonds. The Morgan fingerprint density at radius 2 is 1.81 bits per heavy atom. The van der Waals surface area contributed by atoms with Crippen molar-refractivity contribution >= 4 is 9.84 Å². The molecule has 0 bridgehead atoms. The molecular weight excluding hydrogens is 394 g/mol. The fourth-order valence-corrected chi connectivity index (χ4v) is 3.83. The fraction of sp³-hybridized carbons (Fsp3) is 0.571. The lowest BCUT2D eigenvalue weighted by molar-refractivity contribution is -0.0978. The normalized spacial score (nSPS) is 30.2. The number of fused-ring (bicyclic) bond motifs is 1. The number of ether oxygens (including phenoxy) is 1. The highest BCUT2D eigenvalue weighted by molar-refractivity contribution is 7.92. The van der Waals surface area contributed by atoms with Gasteiger partial charge in [-0.05, 0) is 12.1 Å². The summed E-state index contributed by atoms with van der Waals surface area (Å²) >= 11 is 0. The Labute approximate surface area is 143 Å². The third kappa shape index (κ3) is 2.93. The van der Waals surface area contributed by atoms with Gasteiger partial charge in [0.05, 0.1) is 17.4 Å². The molecule has 1 fully saturated rings. The number of sulfone groups is 1. The summed E-state index contributed by atoms with van der Waals surface area (Å²) in [5, 5.41) is 18.7. The van der Waals surface area contributed by atoms with Gasteiger partial charge < -0.3 is 14.9 Å². The summed E-state index contributed by atoms with van der Waals surface area (Å²) in [4.78, 5) is -1.48. The van der Waals surface area contributed by atoms with Crippen molar-refractivity contribution in [3.63, 3.8) is 0 Å². The Morgan fingerprint density at radius 1 is 1.23 bits per heavy atom. The molecule has 0 spiro atoms. The molecule has 1 saturated carbocycles. The third-order valence-corrected chi connectivity index (χ3v) is 5.94. The van der Waals surface area contributed by atoms with Crippen LogP contribution in [0.3, 0.4) is 0 Å². The van der Waals surface area contributed by atoms with Crippen molar-refractivity contribution in [3.05, 3.63) is 23.3 Å². The van der Waals surface area contributed by atoms with E-state index in [0.29, 0.717) is 6.07 Å². The monoisotopic (exact) mass is 406 g/mol. The zero-order valence-corrected chi connectivity index (χ0v) is 13.5. The molecule has 1 aromatic carbocycles. The average molecular weight is 406 g/mol. The van der Waals surface area contributed by atoms with E-state index in [-0.39, 0.29) is 6.42 Å². The van der Waals surface area contributed by atoms with Crippen LogP contribution < -0.4 is 4.74 Å². The van der Waals surface area contributed by atoms with E-state index in [4.69, 9.17) is 9.84 Å². The van der Waals surface area contributed by atoms with Gasteiger partial charge in [-0.15, -0.1) is 0 Å². The first-order valence-corrected chi connectivity index (χ1v) is 8.74. The number of aliphatic hydroxyl groups is 2. The molecule has 0 saturated heterocycles. The molecule has 0 aliphatic heterocycles. The fourth-order valence-electron chi connectivity index (χ4n) is 2.81. The van der Waals surface area contributed by atoms with Crippen LogP contribution in [0, 0.1) is 5.92 Å². The maximum Gasteiger partial charge on any atom is 0.501 e. The van der Waals surface area contributed by atoms with E-state index in [9.17, 15) is 39.9 Å². The van der Waals surface area contributed by atoms with Gasteiger partial charge in [-0.3, -0.25) is 0 Å². The second-order valence-corrected chi connectivity index (χ2v) is 8.18. The summed E-state index contributed by atoms with van der Waals surface area (Å²) in [7, 11) is -5.99. The minimum Gasteiger partial charge on any atom is -0.493 e. The maximum atomic E-state index is 13.8. The van der Waals surface area contributed by atoms with Crippen molar-refractivity contribution in [2.24, 2.45) is 5.92 Å². The van der Waals surface area contributed by atoms with Crippen LogP contribution in [0.5, 0.6) is 5.75 Å². The molecule has 1 aromatic rings. The van der Waals surface area contributed by atoms with Gasteiger partial charge in [0.15, 0.2) is 0 Å². The molecule has 2 aliphatic carbocycles. The Morgan fingerprint density at radius 3 is 2.31 bits per heavy atom. The minimum atomic E-state index is -5.99. The number of rotatable bonds is 4. The van der Waals surface area contributed by atoms with Crippen LogP contribution in [0.1, 0.15) is 23.7 Å². The quantitative estimate of drug-likeness (QED) is 0.750. The largest absolute Gasteiger partial charge is 0.501 e. The minimum absolute atomic E-state index is 0.255. The van der Waals surface area contributed by atoms with Gasteiger partial charge in [0.2, 0.25) is 5.85 Å². The van der Waals surface area contributed by atoms with Crippen LogP contribution in [0.4, 0.5) is 26.3 Å². The lowest BCUT2D eigenvalue weighted by Crippen LogP contribution is -2.26. The second kappa shape index (κ2) is 5.49. The number of aliphatic hydroxyl groups excluding tert-OH is 1. The van der Waals surface area contributed by atoms with Gasteiger partial charge >= 0.3 is 5.51 Å². The van der Waals surface area contributed by atoms with Crippen molar-refractivity contribution in [2.45, 2.75) is 41.1 Å². The Hall–Kier alpha value is -1.53. The molecule has 2 N–H and O–H groups in total. The predicted molar refractivity (Wildman–Crippen MR) is 73.0 cm³/mol. The van der Waals surface area contributed by atoms with Crippen LogP contribution in [0.15, 0.2) is 17.0 Å². The molecule has 0 radical (unpaired) electrons. The number of alkyl halides is 6. The number of benzene rings is 1. The molecule has 2 aliphatic rings. The highest BCUT2D eigenvalue weighted by Crippen LogP contribution is 2.51. The van der Waals surface area contributed by atoms with Crippen molar-refractivity contribution < 1.29 is 49.7 Å². The van der Waals surface area contributed by atoms with E-state index in [1.165, 1.54) is 0 Å². The summed E-state index contributed by atoms with van der Waals surface area (Å²) in [6.45, 7) is -0.452. The van der Waals surface area contributed by atoms with Crippen molar-refractivity contribution in [2.75, 3.05) is 6.61 Å². The average Bonchev–Trinajstić information content (AvgIpc) is 3.01. The molecule has 3 atom stereocenters. The third-order valence-electron chi connectivity index (χ3n) is 4.39. The van der Waals surface area contributed by atoms with Crippen LogP contribution in [-0.2, 0) is 16.3 Å². The SMILES string of the molecule is O=S(=O)(c1ccc(OCC2C[C@]2(O)F)c2c1[C@H](O)C(F)(F)C2)C(F)(F)F. The van der Waals surface area contributed by atoms with E-state index in [0.717, 1.165) is 6.07 Å². The van der Waals surface area contributed by atoms with E-state index in [1.54, 1.807) is 0 Å². The highest BCUT2D eigenvalue weighted by atomic mass is 32.2. The van der Waals surface area contributed by atoms with E-state index in [2.05, 4.69) is 0 Å². The Kier molecular flexibility index (Phi) is 4.06.